The molecule has 0 amide bonds. The lowest BCUT2D eigenvalue weighted by atomic mass is 9.89. The fourth-order valence-electron chi connectivity index (χ4n) is 2.51. The number of unbranched alkanes of at least 4 members (excludes halogenated alkanes) is 1. The van der Waals surface area contributed by atoms with Crippen molar-refractivity contribution in [2.24, 2.45) is 5.92 Å². The van der Waals surface area contributed by atoms with E-state index in [0.717, 1.165) is 11.5 Å². The van der Waals surface area contributed by atoms with E-state index >= 15 is 0 Å². The summed E-state index contributed by atoms with van der Waals surface area (Å²) in [7, 11) is 0. The van der Waals surface area contributed by atoms with Crippen molar-refractivity contribution in [1.82, 2.24) is 0 Å². The first-order valence-corrected chi connectivity index (χ1v) is 7.35. The molecule has 0 saturated heterocycles. The van der Waals surface area contributed by atoms with Crippen molar-refractivity contribution < 1.29 is 0 Å². The van der Waals surface area contributed by atoms with E-state index in [0.29, 0.717) is 0 Å². The Bertz CT molecular complexity index is 485. The maximum absolute atomic E-state index is 3.98. The second-order valence-corrected chi connectivity index (χ2v) is 5.51. The SMILES string of the molecule is C=C(C)c1ccc(C2=CCC(CCCC)C=C2)cc1. The third kappa shape index (κ3) is 3.70. The van der Waals surface area contributed by atoms with E-state index < -0.39 is 0 Å². The van der Waals surface area contributed by atoms with Crippen molar-refractivity contribution >= 4 is 11.1 Å². The second kappa shape index (κ2) is 6.56. The number of benzene rings is 1. The molecule has 0 aliphatic heterocycles. The molecule has 1 aromatic rings. The number of rotatable bonds is 5. The van der Waals surface area contributed by atoms with Gasteiger partial charge in [-0.3, -0.25) is 0 Å². The molecule has 0 bridgehead atoms. The van der Waals surface area contributed by atoms with Gasteiger partial charge in [-0.05, 0) is 42.4 Å². The molecule has 100 valence electrons. The average Bonchev–Trinajstić information content (AvgIpc) is 2.46. The Hall–Kier alpha value is -1.56. The van der Waals surface area contributed by atoms with Crippen molar-refractivity contribution in [3.63, 3.8) is 0 Å². The molecule has 0 aromatic heterocycles. The van der Waals surface area contributed by atoms with Crippen LogP contribution in [0, 0.1) is 5.92 Å². The Morgan fingerprint density at radius 2 is 2.00 bits per heavy atom. The third-order valence-electron chi connectivity index (χ3n) is 3.83. The Kier molecular flexibility index (Phi) is 4.79. The van der Waals surface area contributed by atoms with Gasteiger partial charge in [0.1, 0.15) is 0 Å². The van der Waals surface area contributed by atoms with E-state index in [1.54, 1.807) is 0 Å². The summed E-state index contributed by atoms with van der Waals surface area (Å²) in [6, 6.07) is 8.73. The quantitative estimate of drug-likeness (QED) is 0.615. The third-order valence-corrected chi connectivity index (χ3v) is 3.83. The zero-order valence-corrected chi connectivity index (χ0v) is 12.2. The standard InChI is InChI=1S/C19H24/c1-4-5-6-16-7-9-18(10-8-16)19-13-11-17(12-14-19)15(2)3/h7,9-14,16H,2,4-6,8H2,1,3H3. The van der Waals surface area contributed by atoms with E-state index in [1.807, 2.05) is 6.92 Å². The fraction of sp³-hybridized carbons (Fsp3) is 0.368. The van der Waals surface area contributed by atoms with Crippen molar-refractivity contribution in [2.45, 2.75) is 39.5 Å². The van der Waals surface area contributed by atoms with Crippen LogP contribution in [0.4, 0.5) is 0 Å². The summed E-state index contributed by atoms with van der Waals surface area (Å²) < 4.78 is 0. The molecule has 1 aliphatic rings. The molecule has 0 N–H and O–H groups in total. The molecule has 0 fully saturated rings. The highest BCUT2D eigenvalue weighted by molar-refractivity contribution is 5.76. The van der Waals surface area contributed by atoms with Gasteiger partial charge in [-0.15, -0.1) is 0 Å². The van der Waals surface area contributed by atoms with Crippen molar-refractivity contribution in [3.05, 3.63) is 60.2 Å². The predicted octanol–water partition coefficient (Wildman–Crippen LogP) is 5.87. The summed E-state index contributed by atoms with van der Waals surface area (Å²) in [5, 5.41) is 0. The van der Waals surface area contributed by atoms with Crippen LogP contribution in [0.2, 0.25) is 0 Å². The Balaban J connectivity index is 2.02. The molecule has 0 heteroatoms. The lowest BCUT2D eigenvalue weighted by Gasteiger charge is -2.16. The van der Waals surface area contributed by atoms with E-state index in [2.05, 4.69) is 56.0 Å². The molecule has 1 unspecified atom stereocenters. The van der Waals surface area contributed by atoms with Crippen molar-refractivity contribution in [2.75, 3.05) is 0 Å². The summed E-state index contributed by atoms with van der Waals surface area (Å²) in [6.07, 6.45) is 12.2. The van der Waals surface area contributed by atoms with Gasteiger partial charge in [-0.2, -0.15) is 0 Å². The number of allylic oxidation sites excluding steroid dienone is 5. The molecular weight excluding hydrogens is 228 g/mol. The minimum atomic E-state index is 0.749. The van der Waals surface area contributed by atoms with E-state index in [4.69, 9.17) is 0 Å². The van der Waals surface area contributed by atoms with Crippen molar-refractivity contribution in [1.29, 1.82) is 0 Å². The van der Waals surface area contributed by atoms with Crippen molar-refractivity contribution in [3.8, 4) is 0 Å². The number of hydrogen-bond donors (Lipinski definition) is 0. The Labute approximate surface area is 117 Å². The summed E-state index contributed by atoms with van der Waals surface area (Å²) >= 11 is 0. The average molecular weight is 252 g/mol. The molecule has 1 aliphatic carbocycles. The molecule has 19 heavy (non-hydrogen) atoms. The zero-order valence-electron chi connectivity index (χ0n) is 12.2. The van der Waals surface area contributed by atoms with Gasteiger partial charge in [0.15, 0.2) is 0 Å². The van der Waals surface area contributed by atoms with Crippen LogP contribution in [0.5, 0.6) is 0 Å². The highest BCUT2D eigenvalue weighted by Crippen LogP contribution is 2.27. The van der Waals surface area contributed by atoms with Gasteiger partial charge in [0.2, 0.25) is 0 Å². The van der Waals surface area contributed by atoms with Crippen LogP contribution in [0.3, 0.4) is 0 Å². The fourth-order valence-corrected chi connectivity index (χ4v) is 2.51. The van der Waals surface area contributed by atoms with Crippen LogP contribution >= 0.6 is 0 Å². The van der Waals surface area contributed by atoms with Crippen LogP contribution in [0.1, 0.15) is 50.7 Å². The minimum absolute atomic E-state index is 0.749. The minimum Gasteiger partial charge on any atom is -0.0955 e. The van der Waals surface area contributed by atoms with Crippen LogP contribution in [-0.4, -0.2) is 0 Å². The highest BCUT2D eigenvalue weighted by Gasteiger charge is 2.09. The Morgan fingerprint density at radius 1 is 1.26 bits per heavy atom. The smallest absolute Gasteiger partial charge is 0.0187 e. The summed E-state index contributed by atoms with van der Waals surface area (Å²) in [6.45, 7) is 8.29. The monoisotopic (exact) mass is 252 g/mol. The second-order valence-electron chi connectivity index (χ2n) is 5.51. The lowest BCUT2D eigenvalue weighted by molar-refractivity contribution is 0.559. The molecule has 0 spiro atoms. The summed E-state index contributed by atoms with van der Waals surface area (Å²) in [5.74, 6) is 0.749. The highest BCUT2D eigenvalue weighted by atomic mass is 14.1. The molecule has 0 radical (unpaired) electrons. The maximum atomic E-state index is 3.98. The predicted molar refractivity (Wildman–Crippen MR) is 85.9 cm³/mol. The van der Waals surface area contributed by atoms with Gasteiger partial charge in [0.05, 0.1) is 0 Å². The first kappa shape index (κ1) is 13.9. The molecule has 1 aromatic carbocycles. The normalized spacial score (nSPS) is 18.2. The van der Waals surface area contributed by atoms with Crippen LogP contribution < -0.4 is 0 Å². The van der Waals surface area contributed by atoms with Crippen LogP contribution in [-0.2, 0) is 0 Å². The molecule has 0 saturated carbocycles. The first-order chi connectivity index (χ1) is 9.20. The molecular formula is C19H24. The van der Waals surface area contributed by atoms with Crippen LogP contribution in [0.15, 0.2) is 49.1 Å². The number of hydrogen-bond acceptors (Lipinski definition) is 0. The topological polar surface area (TPSA) is 0 Å². The molecule has 1 atom stereocenters. The van der Waals surface area contributed by atoms with Crippen LogP contribution in [0.25, 0.3) is 11.1 Å². The van der Waals surface area contributed by atoms with Gasteiger partial charge in [-0.1, -0.05) is 74.4 Å². The van der Waals surface area contributed by atoms with Gasteiger partial charge in [-0.25, -0.2) is 0 Å². The van der Waals surface area contributed by atoms with Gasteiger partial charge < -0.3 is 0 Å². The summed E-state index contributed by atoms with van der Waals surface area (Å²) in [4.78, 5) is 0. The van der Waals surface area contributed by atoms with Gasteiger partial charge in [0.25, 0.3) is 0 Å². The maximum Gasteiger partial charge on any atom is -0.0187 e. The first-order valence-electron chi connectivity index (χ1n) is 7.35. The van der Waals surface area contributed by atoms with Gasteiger partial charge >= 0.3 is 0 Å². The molecule has 0 nitrogen and oxygen atoms in total. The van der Waals surface area contributed by atoms with E-state index in [9.17, 15) is 0 Å². The van der Waals surface area contributed by atoms with E-state index in [1.165, 1.54) is 42.4 Å². The lowest BCUT2D eigenvalue weighted by Crippen LogP contribution is -1.99. The Morgan fingerprint density at radius 3 is 2.53 bits per heavy atom. The van der Waals surface area contributed by atoms with Gasteiger partial charge in [0, 0.05) is 0 Å². The largest absolute Gasteiger partial charge is 0.0955 e. The molecule has 0 heterocycles. The van der Waals surface area contributed by atoms with E-state index in [-0.39, 0.29) is 0 Å². The molecule has 2 rings (SSSR count). The summed E-state index contributed by atoms with van der Waals surface area (Å²) in [5.41, 5.74) is 5.03. The zero-order chi connectivity index (χ0) is 13.7.